The van der Waals surface area contributed by atoms with E-state index in [1.165, 1.54) is 15.3 Å². The largest absolute Gasteiger partial charge is 0.351 e. The van der Waals surface area contributed by atoms with Crippen molar-refractivity contribution < 1.29 is 13.2 Å². The quantitative estimate of drug-likeness (QED) is 0.831. The Hall–Kier alpha value is -1.18. The zero-order chi connectivity index (χ0) is 14.6. The van der Waals surface area contributed by atoms with E-state index in [4.69, 9.17) is 0 Å². The van der Waals surface area contributed by atoms with Gasteiger partial charge < -0.3 is 5.32 Å². The minimum Gasteiger partial charge on any atom is -0.351 e. The zero-order valence-electron chi connectivity index (χ0n) is 11.3. The Kier molecular flexibility index (Phi) is 4.95. The maximum absolute atomic E-state index is 11.6. The molecule has 110 valence electrons. The Morgan fingerprint density at radius 3 is 2.90 bits per heavy atom. The highest BCUT2D eigenvalue weighted by atomic mass is 32.2. The van der Waals surface area contributed by atoms with Crippen molar-refractivity contribution in [3.8, 4) is 0 Å². The van der Waals surface area contributed by atoms with Crippen molar-refractivity contribution in [2.75, 3.05) is 25.4 Å². The van der Waals surface area contributed by atoms with Gasteiger partial charge in [0.1, 0.15) is 0 Å². The van der Waals surface area contributed by atoms with Gasteiger partial charge in [-0.2, -0.15) is 0 Å². The molecule has 2 rings (SSSR count). The molecule has 0 spiro atoms. The number of thiophene rings is 1. The van der Waals surface area contributed by atoms with Gasteiger partial charge in [0.15, 0.2) is 0 Å². The Labute approximate surface area is 123 Å². The Balaban J connectivity index is 1.74. The van der Waals surface area contributed by atoms with Crippen molar-refractivity contribution in [2.24, 2.45) is 0 Å². The van der Waals surface area contributed by atoms with Crippen LogP contribution in [0, 0.1) is 6.92 Å². The molecule has 0 bridgehead atoms. The number of nitrogens with zero attached hydrogens (tertiary/aromatic N) is 1. The molecule has 0 saturated carbocycles. The number of carbonyl (C=O) groups excluding carboxylic acids is 1. The zero-order valence-corrected chi connectivity index (χ0v) is 13.0. The lowest BCUT2D eigenvalue weighted by molar-refractivity contribution is -0.116. The molecule has 1 aliphatic heterocycles. The maximum Gasteiger partial charge on any atom is 0.244 e. The van der Waals surface area contributed by atoms with E-state index in [1.807, 2.05) is 19.1 Å². The fourth-order valence-corrected chi connectivity index (χ4v) is 4.31. The van der Waals surface area contributed by atoms with E-state index in [2.05, 4.69) is 5.32 Å². The predicted octanol–water partition coefficient (Wildman–Crippen LogP) is 1.22. The average Bonchev–Trinajstić information content (AvgIpc) is 2.93. The molecule has 0 unspecified atom stereocenters. The summed E-state index contributed by atoms with van der Waals surface area (Å²) in [4.78, 5) is 13.8. The van der Waals surface area contributed by atoms with Crippen LogP contribution in [-0.2, 0) is 14.8 Å². The van der Waals surface area contributed by atoms with Crippen LogP contribution in [0.15, 0.2) is 18.2 Å². The van der Waals surface area contributed by atoms with Crippen LogP contribution in [0.25, 0.3) is 6.08 Å². The molecule has 0 radical (unpaired) electrons. The van der Waals surface area contributed by atoms with Crippen LogP contribution in [-0.4, -0.2) is 44.0 Å². The molecule has 20 heavy (non-hydrogen) atoms. The summed E-state index contributed by atoms with van der Waals surface area (Å²) in [7, 11) is -3.07. The van der Waals surface area contributed by atoms with Crippen LogP contribution >= 0.6 is 11.3 Å². The SMILES string of the molecule is Cc1ccc(C=CC(=O)NCCN2CCCS2(=O)=O)s1. The van der Waals surface area contributed by atoms with E-state index in [9.17, 15) is 13.2 Å². The van der Waals surface area contributed by atoms with Gasteiger partial charge in [0, 0.05) is 35.5 Å². The van der Waals surface area contributed by atoms with E-state index < -0.39 is 10.0 Å². The highest BCUT2D eigenvalue weighted by molar-refractivity contribution is 7.89. The molecule has 7 heteroatoms. The number of rotatable bonds is 5. The predicted molar refractivity (Wildman–Crippen MR) is 81.1 cm³/mol. The monoisotopic (exact) mass is 314 g/mol. The van der Waals surface area contributed by atoms with E-state index in [1.54, 1.807) is 17.4 Å². The standard InChI is InChI=1S/C13H18N2O3S2/c1-11-3-4-12(19-11)5-6-13(16)14-7-9-15-8-2-10-20(15,17)18/h3-6H,2,7-10H2,1H3,(H,14,16). The first-order valence-corrected chi connectivity index (χ1v) is 8.90. The van der Waals surface area contributed by atoms with Crippen LogP contribution in [0.1, 0.15) is 16.2 Å². The molecule has 2 heterocycles. The molecule has 5 nitrogen and oxygen atoms in total. The van der Waals surface area contributed by atoms with Crippen molar-refractivity contribution >= 4 is 33.3 Å². The van der Waals surface area contributed by atoms with Crippen LogP contribution in [0.5, 0.6) is 0 Å². The molecule has 1 amide bonds. The van der Waals surface area contributed by atoms with Crippen molar-refractivity contribution in [1.29, 1.82) is 0 Å². The van der Waals surface area contributed by atoms with E-state index in [0.29, 0.717) is 26.1 Å². The fourth-order valence-electron chi connectivity index (χ4n) is 2.01. The number of carbonyl (C=O) groups is 1. The summed E-state index contributed by atoms with van der Waals surface area (Å²) in [6.07, 6.45) is 3.91. The maximum atomic E-state index is 11.6. The smallest absolute Gasteiger partial charge is 0.244 e. The van der Waals surface area contributed by atoms with Crippen LogP contribution in [0.3, 0.4) is 0 Å². The van der Waals surface area contributed by atoms with Crippen molar-refractivity contribution in [3.05, 3.63) is 28.0 Å². The van der Waals surface area contributed by atoms with Crippen molar-refractivity contribution in [3.63, 3.8) is 0 Å². The lowest BCUT2D eigenvalue weighted by Gasteiger charge is -2.13. The summed E-state index contributed by atoms with van der Waals surface area (Å²) in [6, 6.07) is 3.96. The van der Waals surface area contributed by atoms with Crippen LogP contribution < -0.4 is 5.32 Å². The van der Waals surface area contributed by atoms with E-state index in [0.717, 1.165) is 4.88 Å². The third-order valence-electron chi connectivity index (χ3n) is 3.02. The van der Waals surface area contributed by atoms with Gasteiger partial charge in [-0.15, -0.1) is 11.3 Å². The van der Waals surface area contributed by atoms with E-state index in [-0.39, 0.29) is 11.7 Å². The van der Waals surface area contributed by atoms with Crippen molar-refractivity contribution in [1.82, 2.24) is 9.62 Å². The number of hydrogen-bond donors (Lipinski definition) is 1. The van der Waals surface area contributed by atoms with Gasteiger partial charge in [0.25, 0.3) is 0 Å². The summed E-state index contributed by atoms with van der Waals surface area (Å²) in [5, 5.41) is 2.70. The Morgan fingerprint density at radius 2 is 2.30 bits per heavy atom. The molecule has 0 aromatic carbocycles. The molecule has 1 N–H and O–H groups in total. The first kappa shape index (κ1) is 15.2. The Bertz CT molecular complexity index is 605. The molecule has 1 aliphatic rings. The second-order valence-electron chi connectivity index (χ2n) is 4.64. The number of aryl methyl sites for hydroxylation is 1. The van der Waals surface area contributed by atoms with Gasteiger partial charge in [-0.1, -0.05) is 0 Å². The van der Waals surface area contributed by atoms with Gasteiger partial charge in [-0.3, -0.25) is 4.79 Å². The first-order chi connectivity index (χ1) is 9.47. The average molecular weight is 314 g/mol. The number of hydrogen-bond acceptors (Lipinski definition) is 4. The Morgan fingerprint density at radius 1 is 1.50 bits per heavy atom. The van der Waals surface area contributed by atoms with Gasteiger partial charge in [0.05, 0.1) is 5.75 Å². The van der Waals surface area contributed by atoms with Gasteiger partial charge in [0.2, 0.25) is 15.9 Å². The lowest BCUT2D eigenvalue weighted by Crippen LogP contribution is -2.35. The number of sulfonamides is 1. The van der Waals surface area contributed by atoms with Gasteiger partial charge in [-0.25, -0.2) is 12.7 Å². The summed E-state index contributed by atoms with van der Waals surface area (Å²) in [5.41, 5.74) is 0. The molecule has 0 aliphatic carbocycles. The highest BCUT2D eigenvalue weighted by Gasteiger charge is 2.27. The minimum absolute atomic E-state index is 0.201. The molecule has 1 aromatic rings. The topological polar surface area (TPSA) is 66.5 Å². The number of nitrogens with one attached hydrogen (secondary N) is 1. The molecule has 1 saturated heterocycles. The molecular formula is C13H18N2O3S2. The second kappa shape index (κ2) is 6.51. The molecular weight excluding hydrogens is 296 g/mol. The van der Waals surface area contributed by atoms with Crippen LogP contribution in [0.2, 0.25) is 0 Å². The summed E-state index contributed by atoms with van der Waals surface area (Å²) < 4.78 is 24.5. The summed E-state index contributed by atoms with van der Waals surface area (Å²) in [5.74, 6) is 0.0196. The third-order valence-corrected chi connectivity index (χ3v) is 5.95. The third kappa shape index (κ3) is 4.16. The van der Waals surface area contributed by atoms with Crippen molar-refractivity contribution in [2.45, 2.75) is 13.3 Å². The second-order valence-corrected chi connectivity index (χ2v) is 8.05. The lowest BCUT2D eigenvalue weighted by atomic mass is 10.4. The minimum atomic E-state index is -3.07. The molecule has 1 aromatic heterocycles. The molecule has 0 atom stereocenters. The number of amides is 1. The van der Waals surface area contributed by atoms with E-state index >= 15 is 0 Å². The normalized spacial score (nSPS) is 18.6. The van der Waals surface area contributed by atoms with Crippen LogP contribution in [0.4, 0.5) is 0 Å². The first-order valence-electron chi connectivity index (χ1n) is 6.47. The highest BCUT2D eigenvalue weighted by Crippen LogP contribution is 2.16. The fraction of sp³-hybridized carbons (Fsp3) is 0.462. The summed E-state index contributed by atoms with van der Waals surface area (Å²) in [6.45, 7) is 3.26. The molecule has 1 fully saturated rings. The summed E-state index contributed by atoms with van der Waals surface area (Å²) >= 11 is 1.62. The van der Waals surface area contributed by atoms with Gasteiger partial charge in [-0.05, 0) is 31.6 Å². The van der Waals surface area contributed by atoms with Gasteiger partial charge >= 0.3 is 0 Å².